The predicted molar refractivity (Wildman–Crippen MR) is 73.9 cm³/mol. The Bertz CT molecular complexity index is 323. The Balaban J connectivity index is 2.32. The van der Waals surface area contributed by atoms with Gasteiger partial charge in [0.15, 0.2) is 0 Å². The maximum absolute atomic E-state index is 11.7. The van der Waals surface area contributed by atoms with Crippen molar-refractivity contribution in [3.8, 4) is 0 Å². The van der Waals surface area contributed by atoms with E-state index in [2.05, 4.69) is 17.6 Å². The molecule has 19 heavy (non-hydrogen) atoms. The Morgan fingerprint density at radius 1 is 1.26 bits per heavy atom. The van der Waals surface area contributed by atoms with Crippen LogP contribution in [0.1, 0.15) is 46.5 Å². The van der Waals surface area contributed by atoms with Crippen LogP contribution in [0.25, 0.3) is 0 Å². The molecule has 5 nitrogen and oxygen atoms in total. The highest BCUT2D eigenvalue weighted by molar-refractivity contribution is 5.78. The fraction of sp³-hybridized carbons (Fsp3) is 0.857. The molecule has 5 heteroatoms. The van der Waals surface area contributed by atoms with Crippen molar-refractivity contribution in [3.05, 3.63) is 0 Å². The van der Waals surface area contributed by atoms with Gasteiger partial charge in [0.25, 0.3) is 0 Å². The monoisotopic (exact) mass is 270 g/mol. The lowest BCUT2D eigenvalue weighted by atomic mass is 9.82. The third-order valence-electron chi connectivity index (χ3n) is 4.41. The smallest absolute Gasteiger partial charge is 0.314 e. The molecule has 0 aromatic rings. The highest BCUT2D eigenvalue weighted by atomic mass is 16.4. The van der Waals surface area contributed by atoms with Crippen molar-refractivity contribution in [2.24, 2.45) is 17.3 Å². The zero-order valence-electron chi connectivity index (χ0n) is 12.2. The van der Waals surface area contributed by atoms with Crippen molar-refractivity contribution in [3.63, 3.8) is 0 Å². The summed E-state index contributed by atoms with van der Waals surface area (Å²) in [5.74, 6) is 0.418. The van der Waals surface area contributed by atoms with E-state index in [0.29, 0.717) is 25.3 Å². The lowest BCUT2D eigenvalue weighted by Gasteiger charge is -2.27. The molecule has 3 N–H and O–H groups in total. The molecule has 0 saturated heterocycles. The van der Waals surface area contributed by atoms with Crippen LogP contribution in [0.3, 0.4) is 0 Å². The van der Waals surface area contributed by atoms with Gasteiger partial charge in [0, 0.05) is 13.1 Å². The maximum Gasteiger partial charge on any atom is 0.314 e. The number of carboxylic acid groups (broad SMARTS) is 1. The van der Waals surface area contributed by atoms with Crippen LogP contribution < -0.4 is 10.6 Å². The molecule has 0 aliphatic heterocycles. The van der Waals surface area contributed by atoms with Crippen LogP contribution in [-0.4, -0.2) is 30.2 Å². The highest BCUT2D eigenvalue weighted by Gasteiger charge is 2.35. The average Bonchev–Trinajstić information content (AvgIpc) is 3.21. The van der Waals surface area contributed by atoms with Crippen LogP contribution >= 0.6 is 0 Å². The molecular weight excluding hydrogens is 244 g/mol. The number of aliphatic carboxylic acids is 1. The Morgan fingerprint density at radius 2 is 1.84 bits per heavy atom. The summed E-state index contributed by atoms with van der Waals surface area (Å²) in [7, 11) is 0. The molecule has 1 rings (SSSR count). The second-order valence-electron chi connectivity index (χ2n) is 5.67. The molecule has 0 bridgehead atoms. The van der Waals surface area contributed by atoms with Crippen molar-refractivity contribution < 1.29 is 14.7 Å². The van der Waals surface area contributed by atoms with E-state index in [-0.39, 0.29) is 12.6 Å². The van der Waals surface area contributed by atoms with E-state index in [4.69, 9.17) is 0 Å². The van der Waals surface area contributed by atoms with Crippen molar-refractivity contribution in [2.45, 2.75) is 46.5 Å². The Morgan fingerprint density at radius 3 is 2.26 bits per heavy atom. The van der Waals surface area contributed by atoms with Crippen LogP contribution in [0.5, 0.6) is 0 Å². The lowest BCUT2D eigenvalue weighted by molar-refractivity contribution is -0.149. The average molecular weight is 270 g/mol. The van der Waals surface area contributed by atoms with Gasteiger partial charge in [-0.1, -0.05) is 20.8 Å². The van der Waals surface area contributed by atoms with E-state index in [9.17, 15) is 14.7 Å². The molecule has 2 amide bonds. The fourth-order valence-corrected chi connectivity index (χ4v) is 2.28. The number of carboxylic acids is 1. The summed E-state index contributed by atoms with van der Waals surface area (Å²) in [6.07, 6.45) is 3.55. The molecule has 0 aromatic heterocycles. The minimum atomic E-state index is -0.848. The summed E-state index contributed by atoms with van der Waals surface area (Å²) < 4.78 is 0. The van der Waals surface area contributed by atoms with Gasteiger partial charge in [-0.25, -0.2) is 4.79 Å². The summed E-state index contributed by atoms with van der Waals surface area (Å²) >= 11 is 0. The van der Waals surface area contributed by atoms with Gasteiger partial charge in [-0.15, -0.1) is 0 Å². The summed E-state index contributed by atoms with van der Waals surface area (Å²) in [6.45, 7) is 6.66. The number of nitrogens with one attached hydrogen (secondary N) is 2. The Hall–Kier alpha value is -1.26. The summed E-state index contributed by atoms with van der Waals surface area (Å²) in [4.78, 5) is 23.0. The lowest BCUT2D eigenvalue weighted by Crippen LogP contribution is -2.46. The van der Waals surface area contributed by atoms with Gasteiger partial charge in [-0.3, -0.25) is 4.79 Å². The van der Waals surface area contributed by atoms with E-state index < -0.39 is 11.4 Å². The predicted octanol–water partition coefficient (Wildman–Crippen LogP) is 2.22. The van der Waals surface area contributed by atoms with Crippen molar-refractivity contribution in [1.29, 1.82) is 0 Å². The molecule has 1 aliphatic carbocycles. The number of carbonyl (C=O) groups is 2. The summed E-state index contributed by atoms with van der Waals surface area (Å²) in [5, 5.41) is 14.8. The largest absolute Gasteiger partial charge is 0.481 e. The van der Waals surface area contributed by atoms with Gasteiger partial charge in [0.2, 0.25) is 0 Å². The first-order chi connectivity index (χ1) is 8.95. The number of hydrogen-bond acceptors (Lipinski definition) is 2. The van der Waals surface area contributed by atoms with E-state index in [1.165, 1.54) is 12.8 Å². The number of carbonyl (C=O) groups excluding carboxylic acids is 1. The summed E-state index contributed by atoms with van der Waals surface area (Å²) in [6, 6.07) is -0.264. The van der Waals surface area contributed by atoms with Gasteiger partial charge >= 0.3 is 12.0 Å². The van der Waals surface area contributed by atoms with E-state index in [1.54, 1.807) is 0 Å². The van der Waals surface area contributed by atoms with Gasteiger partial charge in [0.05, 0.1) is 5.41 Å². The third kappa shape index (κ3) is 4.40. The highest BCUT2D eigenvalue weighted by Crippen LogP contribution is 2.36. The zero-order chi connectivity index (χ0) is 14.5. The van der Waals surface area contributed by atoms with Crippen LogP contribution in [0.15, 0.2) is 0 Å². The fourth-order valence-electron chi connectivity index (χ4n) is 2.28. The van der Waals surface area contributed by atoms with Crippen molar-refractivity contribution in [1.82, 2.24) is 10.6 Å². The van der Waals surface area contributed by atoms with Gasteiger partial charge in [-0.05, 0) is 37.5 Å². The molecule has 0 spiro atoms. The minimum Gasteiger partial charge on any atom is -0.481 e. The molecule has 110 valence electrons. The second kappa shape index (κ2) is 6.78. The Kier molecular flexibility index (Phi) is 5.63. The molecule has 0 heterocycles. The molecule has 0 aromatic carbocycles. The van der Waals surface area contributed by atoms with Crippen LogP contribution in [0.2, 0.25) is 0 Å². The number of hydrogen-bond donors (Lipinski definition) is 3. The number of rotatable bonds is 8. The summed E-state index contributed by atoms with van der Waals surface area (Å²) in [5.41, 5.74) is -0.848. The normalized spacial score (nSPS) is 16.8. The van der Waals surface area contributed by atoms with Crippen LogP contribution in [0.4, 0.5) is 4.79 Å². The Labute approximate surface area is 115 Å². The van der Waals surface area contributed by atoms with E-state index >= 15 is 0 Å². The van der Waals surface area contributed by atoms with Crippen LogP contribution in [0, 0.1) is 17.3 Å². The SMILES string of the molecule is CCC(CC)(CNC(=O)NCC(C)C1CC1)C(=O)O. The first kappa shape index (κ1) is 15.8. The van der Waals surface area contributed by atoms with Gasteiger partial charge < -0.3 is 15.7 Å². The van der Waals surface area contributed by atoms with Crippen molar-refractivity contribution >= 4 is 12.0 Å². The molecule has 0 radical (unpaired) electrons. The first-order valence-electron chi connectivity index (χ1n) is 7.20. The molecule has 1 aliphatic rings. The molecule has 1 unspecified atom stereocenters. The topological polar surface area (TPSA) is 78.4 Å². The molecular formula is C14H26N2O3. The third-order valence-corrected chi connectivity index (χ3v) is 4.41. The van der Waals surface area contributed by atoms with Crippen molar-refractivity contribution in [2.75, 3.05) is 13.1 Å². The maximum atomic E-state index is 11.7. The molecule has 1 atom stereocenters. The van der Waals surface area contributed by atoms with E-state index in [0.717, 1.165) is 5.92 Å². The number of amides is 2. The first-order valence-corrected chi connectivity index (χ1v) is 7.20. The van der Waals surface area contributed by atoms with Gasteiger partial charge in [-0.2, -0.15) is 0 Å². The zero-order valence-corrected chi connectivity index (χ0v) is 12.2. The molecule has 1 fully saturated rings. The quantitative estimate of drug-likeness (QED) is 0.633. The minimum absolute atomic E-state index is 0.180. The van der Waals surface area contributed by atoms with Crippen LogP contribution in [-0.2, 0) is 4.79 Å². The molecule has 1 saturated carbocycles. The van der Waals surface area contributed by atoms with E-state index in [1.807, 2.05) is 13.8 Å². The number of urea groups is 1. The standard InChI is InChI=1S/C14H26N2O3/c1-4-14(5-2,12(17)18)9-16-13(19)15-8-10(3)11-6-7-11/h10-11H,4-9H2,1-3H3,(H,17,18)(H2,15,16,19). The second-order valence-corrected chi connectivity index (χ2v) is 5.67. The van der Waals surface area contributed by atoms with Gasteiger partial charge in [0.1, 0.15) is 0 Å².